The minimum Gasteiger partial charge on any atom is -0.359 e. The molecule has 0 bridgehead atoms. The van der Waals surface area contributed by atoms with Crippen molar-refractivity contribution in [2.24, 2.45) is 4.99 Å². The van der Waals surface area contributed by atoms with Gasteiger partial charge in [0.15, 0.2) is 11.7 Å². The molecule has 26 heavy (non-hydrogen) atoms. The van der Waals surface area contributed by atoms with E-state index in [1.54, 1.807) is 7.05 Å². The maximum Gasteiger partial charge on any atom is 0.191 e. The highest BCUT2D eigenvalue weighted by atomic mass is 16.5. The summed E-state index contributed by atoms with van der Waals surface area (Å²) in [4.78, 5) is 7.72. The van der Waals surface area contributed by atoms with Crippen molar-refractivity contribution in [3.63, 3.8) is 0 Å². The van der Waals surface area contributed by atoms with Crippen molar-refractivity contribution >= 4 is 16.9 Å². The van der Waals surface area contributed by atoms with Crippen LogP contribution in [-0.4, -0.2) is 29.7 Å². The van der Waals surface area contributed by atoms with Gasteiger partial charge in [-0.3, -0.25) is 4.99 Å². The topological polar surface area (TPSA) is 78.2 Å². The van der Waals surface area contributed by atoms with E-state index in [9.17, 15) is 0 Å². The van der Waals surface area contributed by atoms with Crippen molar-refractivity contribution in [3.05, 3.63) is 53.0 Å². The lowest BCUT2D eigenvalue weighted by Crippen LogP contribution is -2.37. The summed E-state index contributed by atoms with van der Waals surface area (Å²) in [7, 11) is 1.77. The second-order valence-corrected chi connectivity index (χ2v) is 6.75. The molecule has 0 aliphatic carbocycles. The van der Waals surface area contributed by atoms with Gasteiger partial charge >= 0.3 is 0 Å². The highest BCUT2D eigenvalue weighted by Crippen LogP contribution is 2.21. The van der Waals surface area contributed by atoms with Crippen molar-refractivity contribution in [2.45, 2.75) is 39.7 Å². The number of aliphatic imine (C=N–C) groups is 1. The van der Waals surface area contributed by atoms with Gasteiger partial charge in [0.25, 0.3) is 0 Å². The number of guanidine groups is 1. The molecule has 6 nitrogen and oxygen atoms in total. The van der Waals surface area contributed by atoms with Crippen LogP contribution in [0.2, 0.25) is 0 Å². The molecule has 2 aromatic heterocycles. The maximum atomic E-state index is 5.35. The van der Waals surface area contributed by atoms with E-state index in [-0.39, 0.29) is 0 Å². The first kappa shape index (κ1) is 18.0. The van der Waals surface area contributed by atoms with Gasteiger partial charge in [-0.2, -0.15) is 0 Å². The Kier molecular flexibility index (Phi) is 5.61. The Morgan fingerprint density at radius 3 is 2.81 bits per heavy atom. The fourth-order valence-corrected chi connectivity index (χ4v) is 3.04. The van der Waals surface area contributed by atoms with Crippen LogP contribution in [0.25, 0.3) is 10.9 Å². The summed E-state index contributed by atoms with van der Waals surface area (Å²) in [5, 5.41) is 12.0. The summed E-state index contributed by atoms with van der Waals surface area (Å²) in [6.45, 7) is 7.69. The Hall–Kier alpha value is -2.76. The number of hydrogen-bond acceptors (Lipinski definition) is 3. The number of hydrogen-bond donors (Lipinski definition) is 3. The number of nitrogens with one attached hydrogen (secondary N) is 3. The summed E-state index contributed by atoms with van der Waals surface area (Å²) in [6, 6.07) is 10.4. The average molecular weight is 353 g/mol. The van der Waals surface area contributed by atoms with E-state index in [1.807, 2.05) is 6.07 Å². The Labute approximate surface area is 154 Å². The van der Waals surface area contributed by atoms with Crippen LogP contribution >= 0.6 is 0 Å². The summed E-state index contributed by atoms with van der Waals surface area (Å²) < 4.78 is 5.35. The highest BCUT2D eigenvalue weighted by Gasteiger charge is 2.09. The molecule has 0 aliphatic rings. The Bertz CT molecular complexity index is 891. The van der Waals surface area contributed by atoms with Gasteiger partial charge < -0.3 is 20.1 Å². The van der Waals surface area contributed by atoms with Gasteiger partial charge in [-0.25, -0.2) is 0 Å². The number of benzene rings is 1. The van der Waals surface area contributed by atoms with Gasteiger partial charge in [0, 0.05) is 36.3 Å². The first-order valence-corrected chi connectivity index (χ1v) is 9.04. The predicted octanol–water partition coefficient (Wildman–Crippen LogP) is 3.50. The summed E-state index contributed by atoms with van der Waals surface area (Å²) >= 11 is 0. The van der Waals surface area contributed by atoms with Gasteiger partial charge in [-0.05, 0) is 30.9 Å². The van der Waals surface area contributed by atoms with E-state index in [1.165, 1.54) is 22.2 Å². The van der Waals surface area contributed by atoms with E-state index >= 15 is 0 Å². The Morgan fingerprint density at radius 1 is 1.27 bits per heavy atom. The largest absolute Gasteiger partial charge is 0.359 e. The van der Waals surface area contributed by atoms with E-state index in [4.69, 9.17) is 4.52 Å². The van der Waals surface area contributed by atoms with Crippen LogP contribution in [0.1, 0.15) is 42.5 Å². The van der Waals surface area contributed by atoms with Crippen molar-refractivity contribution in [2.75, 3.05) is 13.6 Å². The van der Waals surface area contributed by atoms with Crippen molar-refractivity contribution in [3.8, 4) is 0 Å². The van der Waals surface area contributed by atoms with Gasteiger partial charge in [0.2, 0.25) is 0 Å². The van der Waals surface area contributed by atoms with Crippen LogP contribution in [0.15, 0.2) is 39.8 Å². The summed E-state index contributed by atoms with van der Waals surface area (Å²) in [5.41, 5.74) is 4.73. The van der Waals surface area contributed by atoms with Crippen molar-refractivity contribution in [1.82, 2.24) is 20.8 Å². The van der Waals surface area contributed by atoms with Crippen LogP contribution in [0.3, 0.4) is 0 Å². The molecule has 0 aliphatic heterocycles. The molecule has 0 atom stereocenters. The van der Waals surface area contributed by atoms with Crippen LogP contribution in [0.4, 0.5) is 0 Å². The number of aromatic amines is 1. The lowest BCUT2D eigenvalue weighted by molar-refractivity contribution is 0.372. The third kappa shape index (κ3) is 4.07. The molecule has 2 heterocycles. The minimum absolute atomic E-state index is 0.365. The number of fused-ring (bicyclic) bond motifs is 1. The molecule has 138 valence electrons. The number of H-pyrrole nitrogens is 1. The molecule has 0 amide bonds. The number of aromatic nitrogens is 2. The second-order valence-electron chi connectivity index (χ2n) is 6.75. The molecule has 3 N–H and O–H groups in total. The molecular formula is C20H27N5O. The number of aryl methyl sites for hydroxylation is 1. The molecule has 0 saturated heterocycles. The van der Waals surface area contributed by atoms with Crippen LogP contribution in [-0.2, 0) is 13.0 Å². The van der Waals surface area contributed by atoms with Crippen LogP contribution in [0.5, 0.6) is 0 Å². The normalized spacial score (nSPS) is 12.1. The maximum absolute atomic E-state index is 5.35. The average Bonchev–Trinajstić information content (AvgIpc) is 3.22. The number of rotatable bonds is 6. The monoisotopic (exact) mass is 353 g/mol. The molecular weight excluding hydrogens is 326 g/mol. The Morgan fingerprint density at radius 2 is 2.08 bits per heavy atom. The number of nitrogens with zero attached hydrogens (tertiary/aromatic N) is 2. The fraction of sp³-hybridized carbons (Fsp3) is 0.400. The molecule has 0 fully saturated rings. The molecule has 3 rings (SSSR count). The molecule has 1 aromatic carbocycles. The smallest absolute Gasteiger partial charge is 0.191 e. The molecule has 3 aromatic rings. The third-order valence-electron chi connectivity index (χ3n) is 4.52. The second kappa shape index (κ2) is 8.08. The lowest BCUT2D eigenvalue weighted by Gasteiger charge is -2.10. The van der Waals surface area contributed by atoms with E-state index < -0.39 is 0 Å². The molecule has 0 saturated carbocycles. The van der Waals surface area contributed by atoms with Crippen LogP contribution < -0.4 is 10.6 Å². The van der Waals surface area contributed by atoms with Crippen LogP contribution in [0, 0.1) is 6.92 Å². The molecule has 6 heteroatoms. The minimum atomic E-state index is 0.365. The first-order chi connectivity index (χ1) is 12.6. The molecule has 0 spiro atoms. The van der Waals surface area contributed by atoms with Crippen molar-refractivity contribution in [1.29, 1.82) is 0 Å². The summed E-state index contributed by atoms with van der Waals surface area (Å²) in [5.74, 6) is 1.93. The molecule has 0 unspecified atom stereocenters. The van der Waals surface area contributed by atoms with E-state index in [2.05, 4.69) is 70.8 Å². The zero-order valence-corrected chi connectivity index (χ0v) is 15.9. The van der Waals surface area contributed by atoms with E-state index in [0.29, 0.717) is 12.5 Å². The third-order valence-corrected chi connectivity index (χ3v) is 4.52. The van der Waals surface area contributed by atoms with Gasteiger partial charge in [-0.1, -0.05) is 37.2 Å². The fourth-order valence-electron chi connectivity index (χ4n) is 3.04. The van der Waals surface area contributed by atoms with Crippen molar-refractivity contribution < 1.29 is 4.52 Å². The SMILES string of the molecule is CN=C(NCCc1c(C)[nH]c2ccccc12)NCc1cc(C(C)C)no1. The Balaban J connectivity index is 1.53. The number of para-hydroxylation sites is 1. The van der Waals surface area contributed by atoms with Gasteiger partial charge in [0.05, 0.1) is 12.2 Å². The zero-order valence-electron chi connectivity index (χ0n) is 15.9. The summed E-state index contributed by atoms with van der Waals surface area (Å²) in [6.07, 6.45) is 0.927. The first-order valence-electron chi connectivity index (χ1n) is 9.04. The molecule has 0 radical (unpaired) electrons. The van der Waals surface area contributed by atoms with Gasteiger partial charge in [0.1, 0.15) is 0 Å². The lowest BCUT2D eigenvalue weighted by atomic mass is 10.1. The standard InChI is InChI=1S/C20H27N5O/c1-13(2)19-11-15(26-25-19)12-23-20(21-4)22-10-9-16-14(3)24-18-8-6-5-7-17(16)18/h5-8,11,13,24H,9-10,12H2,1-4H3,(H2,21,22,23). The van der Waals surface area contributed by atoms with Gasteiger partial charge in [-0.15, -0.1) is 0 Å². The van der Waals surface area contributed by atoms with E-state index in [0.717, 1.165) is 30.4 Å². The quantitative estimate of drug-likeness (QED) is 0.468. The zero-order chi connectivity index (χ0) is 18.5. The highest BCUT2D eigenvalue weighted by molar-refractivity contribution is 5.84. The predicted molar refractivity (Wildman–Crippen MR) is 106 cm³/mol.